The van der Waals surface area contributed by atoms with Crippen LogP contribution in [0.4, 0.5) is 0 Å². The quantitative estimate of drug-likeness (QED) is 0.872. The van der Waals surface area contributed by atoms with Crippen molar-refractivity contribution in [1.82, 2.24) is 0 Å². The zero-order valence-electron chi connectivity index (χ0n) is 10.3. The monoisotopic (exact) mass is 236 g/mol. The molecule has 1 aliphatic heterocycles. The molecule has 1 aliphatic rings. The molecule has 1 fully saturated rings. The fourth-order valence-electron chi connectivity index (χ4n) is 1.98. The lowest BCUT2D eigenvalue weighted by molar-refractivity contribution is 0.00742. The van der Waals surface area contributed by atoms with Crippen molar-refractivity contribution in [3.63, 3.8) is 0 Å². The number of hydrogen-bond acceptors (Lipinski definition) is 3. The first-order chi connectivity index (χ1) is 8.29. The Morgan fingerprint density at radius 3 is 2.76 bits per heavy atom. The van der Waals surface area contributed by atoms with Gasteiger partial charge in [-0.05, 0) is 30.5 Å². The van der Waals surface area contributed by atoms with Crippen LogP contribution >= 0.6 is 0 Å². The largest absolute Gasteiger partial charge is 0.488 e. The van der Waals surface area contributed by atoms with Crippen LogP contribution in [0.25, 0.3) is 0 Å². The molecule has 94 valence electrons. The summed E-state index contributed by atoms with van der Waals surface area (Å²) >= 11 is 0. The minimum absolute atomic E-state index is 0.177. The number of hydrogen-bond donors (Lipinski definition) is 1. The first-order valence-electron chi connectivity index (χ1n) is 6.25. The van der Waals surface area contributed by atoms with Gasteiger partial charge in [0.25, 0.3) is 0 Å². The smallest absolute Gasteiger partial charge is 0.122 e. The van der Waals surface area contributed by atoms with Gasteiger partial charge in [0.2, 0.25) is 0 Å². The lowest BCUT2D eigenvalue weighted by Gasteiger charge is -2.23. The summed E-state index contributed by atoms with van der Waals surface area (Å²) in [6.45, 7) is 3.73. The fraction of sp³-hybridized carbons (Fsp3) is 0.571. The Morgan fingerprint density at radius 2 is 2.18 bits per heavy atom. The number of rotatable bonds is 4. The lowest BCUT2D eigenvalue weighted by atomic mass is 10.0. The molecule has 1 N–H and O–H groups in total. The fourth-order valence-corrected chi connectivity index (χ4v) is 1.98. The third-order valence-corrected chi connectivity index (χ3v) is 3.14. The highest BCUT2D eigenvalue weighted by molar-refractivity contribution is 5.29. The van der Waals surface area contributed by atoms with E-state index in [2.05, 4.69) is 0 Å². The molecule has 0 amide bonds. The summed E-state index contributed by atoms with van der Waals surface area (Å²) in [5.74, 6) is 1.07. The Labute approximate surface area is 102 Å². The molecule has 0 saturated carbocycles. The molecule has 1 aromatic carbocycles. The van der Waals surface area contributed by atoms with E-state index >= 15 is 0 Å². The van der Waals surface area contributed by atoms with Crippen molar-refractivity contribution in [2.24, 2.45) is 0 Å². The molecule has 1 saturated heterocycles. The second kappa shape index (κ2) is 6.03. The van der Waals surface area contributed by atoms with Gasteiger partial charge in [-0.3, -0.25) is 0 Å². The number of aliphatic hydroxyl groups excluding tert-OH is 1. The average molecular weight is 236 g/mol. The molecule has 1 heterocycles. The molecule has 0 spiro atoms. The standard InChI is InChI=1S/C14H20O3/c1-11(9-15)12-4-6-13(7-5-12)17-14-3-2-8-16-10-14/h4-7,11,14-15H,2-3,8-10H2,1H3. The van der Waals surface area contributed by atoms with Gasteiger partial charge in [-0.25, -0.2) is 0 Å². The van der Waals surface area contributed by atoms with Gasteiger partial charge in [0.15, 0.2) is 0 Å². The Balaban J connectivity index is 1.93. The maximum Gasteiger partial charge on any atom is 0.122 e. The van der Waals surface area contributed by atoms with Crippen LogP contribution in [-0.2, 0) is 4.74 Å². The molecular formula is C14H20O3. The Hall–Kier alpha value is -1.06. The van der Waals surface area contributed by atoms with E-state index in [-0.39, 0.29) is 18.6 Å². The first-order valence-corrected chi connectivity index (χ1v) is 6.25. The molecule has 0 aliphatic carbocycles. The summed E-state index contributed by atoms with van der Waals surface area (Å²) in [5, 5.41) is 9.07. The van der Waals surface area contributed by atoms with Gasteiger partial charge in [0, 0.05) is 19.1 Å². The second-order valence-electron chi connectivity index (χ2n) is 4.61. The van der Waals surface area contributed by atoms with Crippen molar-refractivity contribution in [3.05, 3.63) is 29.8 Å². The van der Waals surface area contributed by atoms with Crippen molar-refractivity contribution >= 4 is 0 Å². The molecule has 3 heteroatoms. The maximum absolute atomic E-state index is 9.07. The minimum Gasteiger partial charge on any atom is -0.488 e. The zero-order valence-corrected chi connectivity index (χ0v) is 10.3. The number of ether oxygens (including phenoxy) is 2. The lowest BCUT2D eigenvalue weighted by Crippen LogP contribution is -2.27. The van der Waals surface area contributed by atoms with Gasteiger partial charge in [0.1, 0.15) is 11.9 Å². The van der Waals surface area contributed by atoms with Crippen LogP contribution in [0.2, 0.25) is 0 Å². The zero-order chi connectivity index (χ0) is 12.1. The van der Waals surface area contributed by atoms with Gasteiger partial charge < -0.3 is 14.6 Å². The minimum atomic E-state index is 0.177. The van der Waals surface area contributed by atoms with Gasteiger partial charge in [-0.2, -0.15) is 0 Å². The molecule has 0 bridgehead atoms. The highest BCUT2D eigenvalue weighted by Crippen LogP contribution is 2.21. The van der Waals surface area contributed by atoms with Crippen LogP contribution < -0.4 is 4.74 Å². The van der Waals surface area contributed by atoms with Crippen LogP contribution in [0, 0.1) is 0 Å². The predicted molar refractivity (Wildman–Crippen MR) is 66.4 cm³/mol. The van der Waals surface area contributed by atoms with Crippen molar-refractivity contribution < 1.29 is 14.6 Å². The third-order valence-electron chi connectivity index (χ3n) is 3.14. The maximum atomic E-state index is 9.07. The summed E-state index contributed by atoms with van der Waals surface area (Å²) < 4.78 is 11.2. The van der Waals surface area contributed by atoms with Crippen LogP contribution in [0.15, 0.2) is 24.3 Å². The van der Waals surface area contributed by atoms with Gasteiger partial charge in [0.05, 0.1) is 6.61 Å². The van der Waals surface area contributed by atoms with E-state index in [0.717, 1.165) is 30.8 Å². The van der Waals surface area contributed by atoms with Crippen molar-refractivity contribution in [1.29, 1.82) is 0 Å². The SMILES string of the molecule is CC(CO)c1ccc(OC2CCCOC2)cc1. The summed E-state index contributed by atoms with van der Waals surface area (Å²) in [4.78, 5) is 0. The van der Waals surface area contributed by atoms with E-state index in [9.17, 15) is 0 Å². The molecular weight excluding hydrogens is 216 g/mol. The van der Waals surface area contributed by atoms with Gasteiger partial charge in [-0.15, -0.1) is 0 Å². The number of benzene rings is 1. The van der Waals surface area contributed by atoms with Crippen LogP contribution in [0.5, 0.6) is 5.75 Å². The molecule has 0 aromatic heterocycles. The van der Waals surface area contributed by atoms with E-state index in [0.29, 0.717) is 6.61 Å². The first kappa shape index (κ1) is 12.4. The topological polar surface area (TPSA) is 38.7 Å². The molecule has 1 aromatic rings. The number of aliphatic hydroxyl groups is 1. The molecule has 0 radical (unpaired) electrons. The summed E-state index contributed by atoms with van der Waals surface area (Å²) in [6, 6.07) is 7.96. The Bertz CT molecular complexity index is 328. The normalized spacial score (nSPS) is 22.1. The van der Waals surface area contributed by atoms with Crippen LogP contribution in [0.1, 0.15) is 31.2 Å². The van der Waals surface area contributed by atoms with E-state index in [1.807, 2.05) is 31.2 Å². The van der Waals surface area contributed by atoms with Gasteiger partial charge >= 0.3 is 0 Å². The highest BCUT2D eigenvalue weighted by atomic mass is 16.5. The molecule has 17 heavy (non-hydrogen) atoms. The average Bonchev–Trinajstić information content (AvgIpc) is 2.40. The molecule has 2 atom stereocenters. The van der Waals surface area contributed by atoms with E-state index < -0.39 is 0 Å². The third kappa shape index (κ3) is 3.45. The van der Waals surface area contributed by atoms with Crippen LogP contribution in [-0.4, -0.2) is 31.0 Å². The van der Waals surface area contributed by atoms with E-state index in [1.54, 1.807) is 0 Å². The second-order valence-corrected chi connectivity index (χ2v) is 4.61. The highest BCUT2D eigenvalue weighted by Gasteiger charge is 2.15. The van der Waals surface area contributed by atoms with Crippen molar-refractivity contribution in [2.75, 3.05) is 19.8 Å². The molecule has 2 unspecified atom stereocenters. The summed E-state index contributed by atoms with van der Waals surface area (Å²) in [7, 11) is 0. The predicted octanol–water partition coefficient (Wildman–Crippen LogP) is 2.34. The molecule has 3 nitrogen and oxygen atoms in total. The Morgan fingerprint density at radius 1 is 1.41 bits per heavy atom. The van der Waals surface area contributed by atoms with Crippen molar-refractivity contribution in [3.8, 4) is 5.75 Å². The van der Waals surface area contributed by atoms with Gasteiger partial charge in [-0.1, -0.05) is 19.1 Å². The van der Waals surface area contributed by atoms with E-state index in [4.69, 9.17) is 14.6 Å². The van der Waals surface area contributed by atoms with E-state index in [1.165, 1.54) is 0 Å². The molecule has 2 rings (SSSR count). The van der Waals surface area contributed by atoms with Crippen LogP contribution in [0.3, 0.4) is 0 Å². The van der Waals surface area contributed by atoms with Crippen molar-refractivity contribution in [2.45, 2.75) is 31.8 Å². The summed E-state index contributed by atoms with van der Waals surface area (Å²) in [5.41, 5.74) is 1.14. The Kier molecular flexibility index (Phi) is 4.40. The summed E-state index contributed by atoms with van der Waals surface area (Å²) in [6.07, 6.45) is 2.32.